The summed E-state index contributed by atoms with van der Waals surface area (Å²) < 4.78 is 12.7. The van der Waals surface area contributed by atoms with Crippen LogP contribution in [-0.2, 0) is 6.42 Å². The van der Waals surface area contributed by atoms with Crippen LogP contribution in [0.4, 0.5) is 5.69 Å². The van der Waals surface area contributed by atoms with E-state index in [1.165, 1.54) is 0 Å². The Bertz CT molecular complexity index is 1330. The molecule has 4 rings (SSSR count). The number of hydrogen-bond donors (Lipinski definition) is 1. The first-order valence-electron chi connectivity index (χ1n) is 12.4. The van der Waals surface area contributed by atoms with Crippen molar-refractivity contribution in [1.82, 2.24) is 14.7 Å². The largest absolute Gasteiger partial charge is 0.493 e. The van der Waals surface area contributed by atoms with Gasteiger partial charge in [0.25, 0.3) is 11.8 Å². The van der Waals surface area contributed by atoms with Gasteiger partial charge < -0.3 is 19.7 Å². The van der Waals surface area contributed by atoms with Gasteiger partial charge in [0.2, 0.25) is 0 Å². The molecule has 8 nitrogen and oxygen atoms in total. The van der Waals surface area contributed by atoms with Crippen LogP contribution in [0.3, 0.4) is 0 Å². The summed E-state index contributed by atoms with van der Waals surface area (Å²) in [6, 6.07) is 14.4. The highest BCUT2D eigenvalue weighted by molar-refractivity contribution is 6.03. The summed E-state index contributed by atoms with van der Waals surface area (Å²) in [7, 11) is 3.20. The van der Waals surface area contributed by atoms with Crippen molar-refractivity contribution in [3.8, 4) is 11.5 Å². The van der Waals surface area contributed by atoms with Crippen LogP contribution in [0.1, 0.15) is 52.4 Å². The molecular formula is C29H32N4O4. The molecular weight excluding hydrogens is 468 g/mol. The number of carbonyl (C=O) groups is 2. The average molecular weight is 501 g/mol. The van der Waals surface area contributed by atoms with Crippen LogP contribution in [0.15, 0.2) is 66.8 Å². The first-order valence-corrected chi connectivity index (χ1v) is 12.4. The molecule has 8 heteroatoms. The van der Waals surface area contributed by atoms with E-state index in [1.54, 1.807) is 43.4 Å². The fraction of sp³-hybridized carbons (Fsp3) is 0.276. The molecule has 37 heavy (non-hydrogen) atoms. The van der Waals surface area contributed by atoms with E-state index in [9.17, 15) is 9.59 Å². The topological polar surface area (TPSA) is 85.7 Å². The monoisotopic (exact) mass is 500 g/mol. The van der Waals surface area contributed by atoms with E-state index >= 15 is 0 Å². The highest BCUT2D eigenvalue weighted by Gasteiger charge is 2.20. The van der Waals surface area contributed by atoms with Gasteiger partial charge in [0, 0.05) is 35.6 Å². The van der Waals surface area contributed by atoms with Gasteiger partial charge in [0.05, 0.1) is 19.9 Å². The fourth-order valence-corrected chi connectivity index (χ4v) is 4.27. The zero-order chi connectivity index (χ0) is 26.4. The summed E-state index contributed by atoms with van der Waals surface area (Å²) in [5, 5.41) is 7.56. The molecule has 0 radical (unpaired) electrons. The van der Waals surface area contributed by atoms with Crippen LogP contribution in [0.5, 0.6) is 11.5 Å². The van der Waals surface area contributed by atoms with Gasteiger partial charge in [0.15, 0.2) is 17.2 Å². The maximum Gasteiger partial charge on any atom is 0.276 e. The first kappa shape index (κ1) is 25.8. The van der Waals surface area contributed by atoms with Crippen molar-refractivity contribution in [2.75, 3.05) is 32.6 Å². The van der Waals surface area contributed by atoms with Crippen LogP contribution in [0.25, 0.3) is 5.70 Å². The first-order chi connectivity index (χ1) is 18.0. The number of anilines is 1. The SMILES string of the molecule is CCN(CC)C(=O)c1ccc(NC(=O)c2cc3n(n2)/C(c2ccc(OC)c(OC)c2)=C\C=C/CC3)cc1. The molecule has 2 heterocycles. The zero-order valence-electron chi connectivity index (χ0n) is 21.7. The minimum atomic E-state index is -0.318. The molecule has 0 spiro atoms. The standard InChI is InChI=1S/C29H32N4O4/c1-5-32(6-2)29(35)20-12-15-22(16-13-20)30-28(34)24-19-23-10-8-7-9-11-25(33(23)31-24)21-14-17-26(36-3)27(18-21)37-4/h7,9,11-19H,5-6,8,10H2,1-4H3,(H,30,34)/b9-7-,25-11-. The number of allylic oxidation sites excluding steroid dienone is 3. The van der Waals surface area contributed by atoms with E-state index in [-0.39, 0.29) is 11.8 Å². The third kappa shape index (κ3) is 5.58. The Morgan fingerprint density at radius 3 is 2.41 bits per heavy atom. The van der Waals surface area contributed by atoms with Gasteiger partial charge in [-0.2, -0.15) is 5.10 Å². The number of amides is 2. The summed E-state index contributed by atoms with van der Waals surface area (Å²) in [5.74, 6) is 0.905. The molecule has 192 valence electrons. The normalized spacial score (nSPS) is 14.9. The Morgan fingerprint density at radius 1 is 1.00 bits per heavy atom. The molecule has 0 atom stereocenters. The van der Waals surface area contributed by atoms with Crippen LogP contribution >= 0.6 is 0 Å². The second-order valence-electron chi connectivity index (χ2n) is 8.53. The fourth-order valence-electron chi connectivity index (χ4n) is 4.27. The lowest BCUT2D eigenvalue weighted by Gasteiger charge is -2.18. The van der Waals surface area contributed by atoms with Gasteiger partial charge in [-0.25, -0.2) is 4.68 Å². The maximum atomic E-state index is 13.1. The molecule has 0 bridgehead atoms. The van der Waals surface area contributed by atoms with Crippen molar-refractivity contribution in [2.24, 2.45) is 0 Å². The third-order valence-electron chi connectivity index (χ3n) is 6.32. The van der Waals surface area contributed by atoms with Gasteiger partial charge in [-0.3, -0.25) is 9.59 Å². The van der Waals surface area contributed by atoms with E-state index in [0.717, 1.165) is 29.8 Å². The molecule has 0 saturated carbocycles. The molecule has 0 saturated heterocycles. The molecule has 3 aromatic rings. The van der Waals surface area contributed by atoms with Gasteiger partial charge in [-0.05, 0) is 81.3 Å². The molecule has 2 aromatic carbocycles. The highest BCUT2D eigenvalue weighted by Crippen LogP contribution is 2.32. The number of benzene rings is 2. The number of hydrogen-bond acceptors (Lipinski definition) is 5. The Labute approximate surface area is 217 Å². The van der Waals surface area contributed by atoms with Crippen molar-refractivity contribution in [2.45, 2.75) is 26.7 Å². The number of fused-ring (bicyclic) bond motifs is 1. The van der Waals surface area contributed by atoms with Gasteiger partial charge in [-0.15, -0.1) is 0 Å². The number of nitrogens with zero attached hydrogens (tertiary/aromatic N) is 3. The molecule has 1 aliphatic rings. The summed E-state index contributed by atoms with van der Waals surface area (Å²) in [5.41, 5.74) is 4.13. The number of methoxy groups -OCH3 is 2. The quantitative estimate of drug-likeness (QED) is 0.469. The minimum Gasteiger partial charge on any atom is -0.493 e. The van der Waals surface area contributed by atoms with Crippen molar-refractivity contribution in [3.63, 3.8) is 0 Å². The van der Waals surface area contributed by atoms with E-state index in [2.05, 4.69) is 16.5 Å². The maximum absolute atomic E-state index is 13.1. The second-order valence-corrected chi connectivity index (χ2v) is 8.53. The minimum absolute atomic E-state index is 0.0279. The summed E-state index contributed by atoms with van der Waals surface area (Å²) >= 11 is 0. The number of aryl methyl sites for hydroxylation is 1. The average Bonchev–Trinajstić information content (AvgIpc) is 3.32. The summed E-state index contributed by atoms with van der Waals surface area (Å²) in [4.78, 5) is 27.4. The van der Waals surface area contributed by atoms with Crippen molar-refractivity contribution in [3.05, 3.63) is 89.3 Å². The van der Waals surface area contributed by atoms with E-state index in [4.69, 9.17) is 9.47 Å². The Hall–Kier alpha value is -4.33. The number of aromatic nitrogens is 2. The van der Waals surface area contributed by atoms with Crippen LogP contribution in [-0.4, -0.2) is 53.8 Å². The van der Waals surface area contributed by atoms with Crippen molar-refractivity contribution < 1.29 is 19.1 Å². The number of ether oxygens (including phenoxy) is 2. The lowest BCUT2D eigenvalue weighted by atomic mass is 10.1. The molecule has 1 N–H and O–H groups in total. The summed E-state index contributed by atoms with van der Waals surface area (Å²) in [6.45, 7) is 5.19. The van der Waals surface area contributed by atoms with Crippen molar-refractivity contribution in [1.29, 1.82) is 0 Å². The Balaban J connectivity index is 1.58. The second kappa shape index (κ2) is 11.6. The zero-order valence-corrected chi connectivity index (χ0v) is 21.7. The highest BCUT2D eigenvalue weighted by atomic mass is 16.5. The van der Waals surface area contributed by atoms with E-state index < -0.39 is 0 Å². The third-order valence-corrected chi connectivity index (χ3v) is 6.32. The summed E-state index contributed by atoms with van der Waals surface area (Å²) in [6.07, 6.45) is 7.65. The number of nitrogens with one attached hydrogen (secondary N) is 1. The lowest BCUT2D eigenvalue weighted by molar-refractivity contribution is 0.0773. The van der Waals surface area contributed by atoms with Gasteiger partial charge in [-0.1, -0.05) is 12.2 Å². The number of rotatable bonds is 8. The smallest absolute Gasteiger partial charge is 0.276 e. The number of carbonyl (C=O) groups excluding carboxylic acids is 2. The lowest BCUT2D eigenvalue weighted by Crippen LogP contribution is -2.30. The van der Waals surface area contributed by atoms with Crippen LogP contribution < -0.4 is 14.8 Å². The molecule has 1 aliphatic heterocycles. The molecule has 0 unspecified atom stereocenters. The van der Waals surface area contributed by atoms with Crippen LogP contribution in [0, 0.1) is 0 Å². The molecule has 2 amide bonds. The molecule has 1 aromatic heterocycles. The van der Waals surface area contributed by atoms with E-state index in [1.807, 2.05) is 54.9 Å². The van der Waals surface area contributed by atoms with Gasteiger partial charge >= 0.3 is 0 Å². The predicted molar refractivity (Wildman–Crippen MR) is 144 cm³/mol. The molecule has 0 aliphatic carbocycles. The van der Waals surface area contributed by atoms with Crippen molar-refractivity contribution >= 4 is 23.2 Å². The van der Waals surface area contributed by atoms with Gasteiger partial charge in [0.1, 0.15) is 0 Å². The Morgan fingerprint density at radius 2 is 1.73 bits per heavy atom. The predicted octanol–water partition coefficient (Wildman–Crippen LogP) is 5.03. The Kier molecular flexibility index (Phi) is 8.08. The molecule has 0 fully saturated rings. The van der Waals surface area contributed by atoms with Crippen LogP contribution in [0.2, 0.25) is 0 Å². The van der Waals surface area contributed by atoms with E-state index in [0.29, 0.717) is 41.5 Å².